The number of hydrogen-bond donors (Lipinski definition) is 1. The third-order valence-electron chi connectivity index (χ3n) is 5.65. The van der Waals surface area contributed by atoms with Gasteiger partial charge in [-0.05, 0) is 46.0 Å². The Kier molecular flexibility index (Phi) is 7.38. The van der Waals surface area contributed by atoms with Gasteiger partial charge in [-0.3, -0.25) is 0 Å². The average molecular weight is 430 g/mol. The molecule has 0 aliphatic heterocycles. The molecule has 1 N–H and O–H groups in total. The van der Waals surface area contributed by atoms with Gasteiger partial charge in [-0.1, -0.05) is 75.6 Å². The van der Waals surface area contributed by atoms with Crippen molar-refractivity contribution in [3.63, 3.8) is 0 Å². The number of unbranched alkanes of at least 4 members (excludes halogenated alkanes) is 3. The molecule has 2 aromatic carbocycles. The second-order valence-electron chi connectivity index (χ2n) is 8.19. The summed E-state index contributed by atoms with van der Waals surface area (Å²) in [7, 11) is 0. The quantitative estimate of drug-likeness (QED) is 0.329. The maximum Gasteiger partial charge on any atom is 0.179 e. The Morgan fingerprint density at radius 3 is 2.41 bits per heavy atom. The summed E-state index contributed by atoms with van der Waals surface area (Å²) in [6.07, 6.45) is 7.86. The van der Waals surface area contributed by atoms with E-state index in [9.17, 15) is 0 Å². The Bertz CT molecular complexity index is 1100. The van der Waals surface area contributed by atoms with Crippen molar-refractivity contribution in [3.8, 4) is 22.5 Å². The van der Waals surface area contributed by atoms with Gasteiger partial charge in [0.1, 0.15) is 5.82 Å². The molecule has 0 spiro atoms. The van der Waals surface area contributed by atoms with Gasteiger partial charge in [-0.25, -0.2) is 14.8 Å². The van der Waals surface area contributed by atoms with Crippen LogP contribution in [0.25, 0.3) is 22.5 Å². The Balaban J connectivity index is 1.50. The first-order chi connectivity index (χ1) is 15.8. The lowest BCUT2D eigenvalue weighted by atomic mass is 10.0. The third-order valence-corrected chi connectivity index (χ3v) is 5.65. The lowest BCUT2D eigenvalue weighted by Gasteiger charge is -2.08. The van der Waals surface area contributed by atoms with E-state index < -0.39 is 0 Å². The van der Waals surface area contributed by atoms with E-state index in [2.05, 4.69) is 75.6 Å². The smallest absolute Gasteiger partial charge is 0.179 e. The summed E-state index contributed by atoms with van der Waals surface area (Å²) in [4.78, 5) is 4.85. The van der Waals surface area contributed by atoms with Crippen molar-refractivity contribution in [2.24, 2.45) is 0 Å². The molecular weight excluding hydrogens is 398 g/mol. The Hall–Kier alpha value is -3.35. The first kappa shape index (κ1) is 21.9. The highest BCUT2D eigenvalue weighted by atomic mass is 15.5. The molecule has 7 heteroatoms. The van der Waals surface area contributed by atoms with Crippen molar-refractivity contribution >= 4 is 0 Å². The lowest BCUT2D eigenvalue weighted by Crippen LogP contribution is -2.07. The van der Waals surface area contributed by atoms with Crippen LogP contribution in [0.2, 0.25) is 0 Å². The van der Waals surface area contributed by atoms with Gasteiger partial charge in [0.25, 0.3) is 0 Å². The molecule has 0 bridgehead atoms. The van der Waals surface area contributed by atoms with E-state index >= 15 is 0 Å². The van der Waals surface area contributed by atoms with Gasteiger partial charge in [-0.2, -0.15) is 5.10 Å². The van der Waals surface area contributed by atoms with E-state index in [1.165, 1.54) is 24.8 Å². The maximum absolute atomic E-state index is 4.85. The number of aromatic nitrogens is 7. The zero-order valence-corrected chi connectivity index (χ0v) is 19.0. The van der Waals surface area contributed by atoms with Crippen LogP contribution < -0.4 is 0 Å². The highest BCUT2D eigenvalue weighted by Crippen LogP contribution is 2.24. The number of rotatable bonds is 11. The van der Waals surface area contributed by atoms with E-state index in [1.807, 2.05) is 12.1 Å². The molecule has 2 heterocycles. The third kappa shape index (κ3) is 5.46. The first-order valence-electron chi connectivity index (χ1n) is 11.6. The molecule has 4 rings (SSSR count). The van der Waals surface area contributed by atoms with E-state index in [0.29, 0.717) is 5.82 Å². The van der Waals surface area contributed by atoms with Gasteiger partial charge < -0.3 is 0 Å². The zero-order chi connectivity index (χ0) is 22.2. The number of aromatic amines is 1. The largest absolute Gasteiger partial charge is 0.245 e. The van der Waals surface area contributed by atoms with Crippen molar-refractivity contribution in [2.45, 2.75) is 65.3 Å². The molecule has 0 aliphatic carbocycles. The monoisotopic (exact) mass is 429 g/mol. The summed E-state index contributed by atoms with van der Waals surface area (Å²) >= 11 is 0. The molecular formula is C25H31N7. The molecule has 0 unspecified atom stereocenters. The van der Waals surface area contributed by atoms with Crippen LogP contribution in [0.3, 0.4) is 0 Å². The van der Waals surface area contributed by atoms with E-state index in [1.54, 1.807) is 0 Å². The summed E-state index contributed by atoms with van der Waals surface area (Å²) in [6.45, 7) is 5.19. The second kappa shape index (κ2) is 10.8. The van der Waals surface area contributed by atoms with Gasteiger partial charge >= 0.3 is 0 Å². The van der Waals surface area contributed by atoms with Crippen molar-refractivity contribution in [1.29, 1.82) is 0 Å². The highest BCUT2D eigenvalue weighted by molar-refractivity contribution is 5.70. The van der Waals surface area contributed by atoms with Gasteiger partial charge in [0, 0.05) is 18.4 Å². The molecule has 2 aromatic heterocycles. The minimum atomic E-state index is 0.670. The number of nitrogens with one attached hydrogen (secondary N) is 1. The summed E-state index contributed by atoms with van der Waals surface area (Å²) in [5, 5.41) is 19.0. The molecule has 0 saturated carbocycles. The number of H-pyrrole nitrogens is 1. The van der Waals surface area contributed by atoms with Crippen LogP contribution in [-0.2, 0) is 19.4 Å². The first-order valence-corrected chi connectivity index (χ1v) is 11.6. The van der Waals surface area contributed by atoms with Crippen molar-refractivity contribution in [1.82, 2.24) is 35.4 Å². The summed E-state index contributed by atoms with van der Waals surface area (Å²) in [5.41, 5.74) is 4.49. The number of nitrogens with zero attached hydrogens (tertiary/aromatic N) is 6. The Morgan fingerprint density at radius 1 is 0.844 bits per heavy atom. The lowest BCUT2D eigenvalue weighted by molar-refractivity contribution is 0.602. The van der Waals surface area contributed by atoms with Crippen LogP contribution >= 0.6 is 0 Å². The standard InChI is InChI=1S/C25H31N7/c1-3-5-7-12-24-26-23(11-6-4-2)29-32(24)18-19-13-15-20(16-14-19)21-9-8-10-22(17-21)25-27-30-31-28-25/h8-10,13-17H,3-7,11-12,18H2,1-2H3,(H,27,28,30,31). The average Bonchev–Trinajstić information content (AvgIpc) is 3.49. The number of aryl methyl sites for hydroxylation is 2. The Labute approximate surface area is 189 Å². The SMILES string of the molecule is CCCCCc1nc(CCCC)nn1Cc1ccc(-c2cccc(-c3nnn[nH]3)c2)cc1. The minimum absolute atomic E-state index is 0.670. The fraction of sp³-hybridized carbons (Fsp3) is 0.400. The van der Waals surface area contributed by atoms with Crippen LogP contribution in [0.1, 0.15) is 63.2 Å². The van der Waals surface area contributed by atoms with Crippen molar-refractivity contribution in [2.75, 3.05) is 0 Å². The van der Waals surface area contributed by atoms with Crippen LogP contribution in [0, 0.1) is 0 Å². The number of hydrogen-bond acceptors (Lipinski definition) is 5. The summed E-state index contributed by atoms with van der Waals surface area (Å²) < 4.78 is 2.10. The van der Waals surface area contributed by atoms with Gasteiger partial charge in [0.05, 0.1) is 6.54 Å². The predicted octanol–water partition coefficient (Wildman–Crippen LogP) is 5.25. The fourth-order valence-electron chi connectivity index (χ4n) is 3.81. The summed E-state index contributed by atoms with van der Waals surface area (Å²) in [6, 6.07) is 16.9. The highest BCUT2D eigenvalue weighted by Gasteiger charge is 2.11. The van der Waals surface area contributed by atoms with Crippen LogP contribution in [0.4, 0.5) is 0 Å². The topological polar surface area (TPSA) is 85.2 Å². The van der Waals surface area contributed by atoms with E-state index in [-0.39, 0.29) is 0 Å². The molecule has 0 atom stereocenters. The summed E-state index contributed by atoms with van der Waals surface area (Å²) in [5.74, 6) is 2.76. The predicted molar refractivity (Wildman–Crippen MR) is 126 cm³/mol. The molecule has 0 radical (unpaired) electrons. The fourth-order valence-corrected chi connectivity index (χ4v) is 3.81. The molecule has 32 heavy (non-hydrogen) atoms. The van der Waals surface area contributed by atoms with Crippen molar-refractivity contribution in [3.05, 3.63) is 65.7 Å². The minimum Gasteiger partial charge on any atom is -0.245 e. The van der Waals surface area contributed by atoms with Crippen LogP contribution in [-0.4, -0.2) is 35.4 Å². The molecule has 0 saturated heterocycles. The number of benzene rings is 2. The van der Waals surface area contributed by atoms with Gasteiger partial charge in [0.2, 0.25) is 0 Å². The second-order valence-corrected chi connectivity index (χ2v) is 8.19. The molecule has 0 amide bonds. The molecule has 166 valence electrons. The van der Waals surface area contributed by atoms with E-state index in [4.69, 9.17) is 10.1 Å². The Morgan fingerprint density at radius 2 is 1.66 bits per heavy atom. The van der Waals surface area contributed by atoms with Gasteiger partial charge in [-0.15, -0.1) is 5.10 Å². The molecule has 0 fully saturated rings. The van der Waals surface area contributed by atoms with Crippen LogP contribution in [0.15, 0.2) is 48.5 Å². The van der Waals surface area contributed by atoms with Gasteiger partial charge in [0.15, 0.2) is 11.6 Å². The van der Waals surface area contributed by atoms with E-state index in [0.717, 1.165) is 60.6 Å². The normalized spacial score (nSPS) is 11.2. The zero-order valence-electron chi connectivity index (χ0n) is 19.0. The number of tetrazole rings is 1. The molecule has 4 aromatic rings. The molecule has 7 nitrogen and oxygen atoms in total. The van der Waals surface area contributed by atoms with Crippen molar-refractivity contribution < 1.29 is 0 Å². The van der Waals surface area contributed by atoms with Crippen LogP contribution in [0.5, 0.6) is 0 Å². The molecule has 0 aliphatic rings. The maximum atomic E-state index is 4.85.